The van der Waals surface area contributed by atoms with Crippen molar-refractivity contribution in [3.8, 4) is 0 Å². The van der Waals surface area contributed by atoms with Gasteiger partial charge in [-0.2, -0.15) is 0 Å². The number of H-pyrrole nitrogens is 1. The third-order valence-corrected chi connectivity index (χ3v) is 10.4. The Hall–Kier alpha value is -6.60. The molecule has 14 N–H and O–H groups in total. The van der Waals surface area contributed by atoms with Crippen LogP contribution < -0.4 is 43.2 Å². The summed E-state index contributed by atoms with van der Waals surface area (Å²) in [5, 5.41) is 50.3. The predicted octanol–water partition coefficient (Wildman–Crippen LogP) is -2.19. The van der Waals surface area contributed by atoms with Gasteiger partial charge in [0.25, 0.3) is 5.91 Å². The van der Waals surface area contributed by atoms with E-state index < -0.39 is 91.2 Å². The number of carboxylic acid groups (broad SMARTS) is 2. The maximum atomic E-state index is 13.3. The number of nitrogens with one attached hydrogen (secondary N) is 8. The number of benzene rings is 1. The first-order valence-corrected chi connectivity index (χ1v) is 21.3. The number of imidazole rings is 1. The second kappa shape index (κ2) is 26.9. The average molecular weight is 914 g/mol. The van der Waals surface area contributed by atoms with Gasteiger partial charge in [-0.05, 0) is 83.1 Å². The number of aromatic amines is 1. The van der Waals surface area contributed by atoms with Crippen LogP contribution in [0, 0.1) is 0 Å². The van der Waals surface area contributed by atoms with Crippen molar-refractivity contribution in [2.75, 3.05) is 18.5 Å². The number of hydrogen-bond donors (Lipinski definition) is 13. The smallest absolute Gasteiger partial charge is 0.475 e. The Morgan fingerprint density at radius 2 is 1.51 bits per heavy atom. The summed E-state index contributed by atoms with van der Waals surface area (Å²) in [5.41, 5.74) is 12.0. The molecule has 0 spiro atoms. The highest BCUT2D eigenvalue weighted by molar-refractivity contribution is 6.43. The topological polar surface area (TPSA) is 377 Å². The quantitative estimate of drug-likeness (QED) is 0.0245. The average Bonchev–Trinajstić information content (AvgIpc) is 3.97. The van der Waals surface area contributed by atoms with Gasteiger partial charge in [0.2, 0.25) is 35.4 Å². The molecular formula is C40H60BN11O13. The van der Waals surface area contributed by atoms with E-state index in [9.17, 15) is 58.3 Å². The van der Waals surface area contributed by atoms with Crippen LogP contribution in [0.25, 0.3) is 0 Å². The monoisotopic (exact) mass is 913 g/mol. The van der Waals surface area contributed by atoms with Gasteiger partial charge in [-0.1, -0.05) is 6.42 Å². The van der Waals surface area contributed by atoms with Crippen LogP contribution in [0.3, 0.4) is 0 Å². The van der Waals surface area contributed by atoms with E-state index in [1.54, 1.807) is 12.1 Å². The van der Waals surface area contributed by atoms with Crippen molar-refractivity contribution in [2.24, 2.45) is 5.73 Å². The molecule has 1 aliphatic rings. The van der Waals surface area contributed by atoms with E-state index in [4.69, 9.17) is 10.8 Å². The number of unbranched alkanes of at least 4 members (excludes halogenated alkanes) is 3. The number of likely N-dealkylation sites (tertiary alicyclic amines) is 1. The lowest BCUT2D eigenvalue weighted by atomic mass is 9.78. The molecule has 24 nitrogen and oxygen atoms in total. The van der Waals surface area contributed by atoms with Crippen LogP contribution in [0.2, 0.25) is 0 Å². The fourth-order valence-corrected chi connectivity index (χ4v) is 6.73. The number of rotatable bonds is 28. The van der Waals surface area contributed by atoms with Crippen molar-refractivity contribution in [1.82, 2.24) is 46.9 Å². The van der Waals surface area contributed by atoms with E-state index in [-0.39, 0.29) is 49.6 Å². The fourth-order valence-electron chi connectivity index (χ4n) is 6.73. The molecular weight excluding hydrogens is 853 g/mol. The van der Waals surface area contributed by atoms with Crippen LogP contribution in [0.1, 0.15) is 101 Å². The van der Waals surface area contributed by atoms with Gasteiger partial charge < -0.3 is 62.5 Å². The van der Waals surface area contributed by atoms with Crippen LogP contribution in [-0.2, 0) is 44.8 Å². The Kier molecular flexibility index (Phi) is 21.8. The molecule has 0 saturated carbocycles. The first kappa shape index (κ1) is 52.7. The highest BCUT2D eigenvalue weighted by atomic mass is 16.4. The number of hydrogen-bond acceptors (Lipinski definition) is 14. The molecule has 0 bridgehead atoms. The number of anilines is 1. The number of carbonyl (C=O) groups is 9. The van der Waals surface area contributed by atoms with Gasteiger partial charge in [0, 0.05) is 44.1 Å². The lowest BCUT2D eigenvalue weighted by Gasteiger charge is -2.27. The molecule has 0 unspecified atom stereocenters. The number of hydrazine groups is 1. The normalized spacial score (nSPS) is 15.5. The summed E-state index contributed by atoms with van der Waals surface area (Å²) in [6.45, 7) is 3.45. The number of amides is 7. The Labute approximate surface area is 375 Å². The van der Waals surface area contributed by atoms with Crippen LogP contribution in [0.15, 0.2) is 36.8 Å². The third kappa shape index (κ3) is 18.6. The summed E-state index contributed by atoms with van der Waals surface area (Å²) in [6.07, 6.45) is 5.90. The highest BCUT2D eigenvalue weighted by Crippen LogP contribution is 2.19. The Bertz CT molecular complexity index is 1940. The molecule has 356 valence electrons. The number of carbonyl (C=O) groups excluding carboxylic acids is 7. The first-order valence-electron chi connectivity index (χ1n) is 21.3. The minimum Gasteiger partial charge on any atom is -0.481 e. The second-order valence-corrected chi connectivity index (χ2v) is 15.7. The molecule has 3 rings (SSSR count). The Morgan fingerprint density at radius 3 is 2.14 bits per heavy atom. The molecule has 1 aromatic heterocycles. The number of nitrogens with zero attached hydrogens (tertiary/aromatic N) is 2. The molecule has 7 amide bonds. The Balaban J connectivity index is 1.30. The van der Waals surface area contributed by atoms with E-state index in [0.717, 1.165) is 0 Å². The third-order valence-electron chi connectivity index (χ3n) is 10.4. The second-order valence-electron chi connectivity index (χ2n) is 15.7. The number of nitrogens with two attached hydrogens (primary N) is 1. The van der Waals surface area contributed by atoms with Gasteiger partial charge in [0.1, 0.15) is 24.2 Å². The van der Waals surface area contributed by atoms with Crippen LogP contribution in [0.4, 0.5) is 5.69 Å². The van der Waals surface area contributed by atoms with E-state index in [0.29, 0.717) is 62.9 Å². The van der Waals surface area contributed by atoms with Crippen molar-refractivity contribution < 1.29 is 63.4 Å². The van der Waals surface area contributed by atoms with E-state index in [1.807, 2.05) is 0 Å². The summed E-state index contributed by atoms with van der Waals surface area (Å²) in [7, 11) is -1.66. The van der Waals surface area contributed by atoms with Gasteiger partial charge in [0.05, 0.1) is 36.1 Å². The van der Waals surface area contributed by atoms with Gasteiger partial charge in [0.15, 0.2) is 0 Å². The highest BCUT2D eigenvalue weighted by Gasteiger charge is 2.38. The fraction of sp³-hybridized carbons (Fsp3) is 0.550. The zero-order valence-corrected chi connectivity index (χ0v) is 36.3. The zero-order chi connectivity index (χ0) is 48.1. The number of carboxylic acids is 2. The summed E-state index contributed by atoms with van der Waals surface area (Å²) < 4.78 is 0. The van der Waals surface area contributed by atoms with Gasteiger partial charge in [-0.25, -0.2) is 9.78 Å². The van der Waals surface area contributed by atoms with Crippen molar-refractivity contribution in [3.63, 3.8) is 0 Å². The Morgan fingerprint density at radius 1 is 0.831 bits per heavy atom. The van der Waals surface area contributed by atoms with Crippen molar-refractivity contribution in [3.05, 3.63) is 48.0 Å². The lowest BCUT2D eigenvalue weighted by Crippen LogP contribution is -2.57. The molecule has 1 fully saturated rings. The predicted molar refractivity (Wildman–Crippen MR) is 232 cm³/mol. The molecule has 25 heteroatoms. The van der Waals surface area contributed by atoms with Crippen LogP contribution >= 0.6 is 0 Å². The maximum Gasteiger partial charge on any atom is 0.475 e. The van der Waals surface area contributed by atoms with Crippen molar-refractivity contribution in [2.45, 2.75) is 127 Å². The standard InChI is InChI=1S/C40H60BN11O13/c1-23(46-37(59)28(42)20-34(55)56)35(57)49-30(19-27-21-43-22-45-27)38(60)48-29(40(62)63)9-6-7-17-44-32(53)11-4-3-5-12-33(54)51-50-26-15-13-25(14-16-26)36(58)47-24(2)39(61)52-18-8-10-31(52)41(64)65/h13-16,21-24,28-31,50,64-65H,3-12,17-20,42H2,1-2H3,(H,43,45)(H,44,53)(H,46,59)(H,47,58)(H,48,60)(H,49,57)(H,51,54)(H,55,56)(H,62,63)/t23-,24+,28-,29-,30-,31-/m0/s1. The molecule has 1 aromatic carbocycles. The summed E-state index contributed by atoms with van der Waals surface area (Å²) >= 11 is 0. The zero-order valence-electron chi connectivity index (χ0n) is 36.3. The summed E-state index contributed by atoms with van der Waals surface area (Å²) in [5.74, 6) is -7.28. The molecule has 0 aliphatic carbocycles. The van der Waals surface area contributed by atoms with Gasteiger partial charge in [-0.3, -0.25) is 49.2 Å². The maximum absolute atomic E-state index is 13.3. The summed E-state index contributed by atoms with van der Waals surface area (Å²) in [4.78, 5) is 120. The molecule has 2 heterocycles. The van der Waals surface area contributed by atoms with E-state index >= 15 is 0 Å². The minimum atomic E-state index is -1.66. The number of aromatic nitrogens is 2. The van der Waals surface area contributed by atoms with E-state index in [1.165, 1.54) is 43.4 Å². The first-order chi connectivity index (χ1) is 30.9. The number of aliphatic carboxylic acids is 2. The van der Waals surface area contributed by atoms with Crippen molar-refractivity contribution in [1.29, 1.82) is 0 Å². The van der Waals surface area contributed by atoms with Crippen LogP contribution in [-0.4, -0.2) is 145 Å². The van der Waals surface area contributed by atoms with Crippen LogP contribution in [0.5, 0.6) is 0 Å². The molecule has 1 saturated heterocycles. The largest absolute Gasteiger partial charge is 0.481 e. The molecule has 65 heavy (non-hydrogen) atoms. The van der Waals surface area contributed by atoms with Gasteiger partial charge in [-0.15, -0.1) is 0 Å². The minimum absolute atomic E-state index is 0.00995. The van der Waals surface area contributed by atoms with E-state index in [2.05, 4.69) is 47.4 Å². The molecule has 1 aliphatic heterocycles. The SMILES string of the molecule is C[C@H](NC(=O)[C@@H](N)CC(=O)O)C(=O)N[C@@H](Cc1c[nH]cn1)C(=O)N[C@@H](CCCCNC(=O)CCCCCC(=O)NNc1ccc(C(=O)N[C@H](C)C(=O)N2CCC[C@H]2B(O)O)cc1)C(=O)O. The van der Waals surface area contributed by atoms with Gasteiger partial charge >= 0.3 is 19.1 Å². The summed E-state index contributed by atoms with van der Waals surface area (Å²) in [6, 6.07) is 0.0354. The molecule has 2 aromatic rings. The lowest BCUT2D eigenvalue weighted by molar-refractivity contribution is -0.142. The molecule has 0 radical (unpaired) electrons. The molecule has 6 atom stereocenters. The van der Waals surface area contributed by atoms with Crippen molar-refractivity contribution >= 4 is 66.1 Å².